The molecular formula is C14H17BrN2S. The van der Waals surface area contributed by atoms with Crippen LogP contribution in [0.4, 0.5) is 0 Å². The molecule has 0 saturated heterocycles. The molecule has 0 amide bonds. The van der Waals surface area contributed by atoms with Crippen LogP contribution in [0, 0.1) is 0 Å². The van der Waals surface area contributed by atoms with Gasteiger partial charge >= 0.3 is 0 Å². The van der Waals surface area contributed by atoms with Crippen LogP contribution < -0.4 is 5.32 Å². The van der Waals surface area contributed by atoms with Crippen molar-refractivity contribution in [2.75, 3.05) is 6.54 Å². The molecule has 4 heteroatoms. The minimum atomic E-state index is 0.375. The molecule has 0 aliphatic heterocycles. The summed E-state index contributed by atoms with van der Waals surface area (Å²) < 4.78 is 1.04. The maximum absolute atomic E-state index is 4.25. The van der Waals surface area contributed by atoms with Gasteiger partial charge in [0.25, 0.3) is 0 Å². The van der Waals surface area contributed by atoms with Crippen LogP contribution >= 0.6 is 27.3 Å². The summed E-state index contributed by atoms with van der Waals surface area (Å²) in [6, 6.07) is 4.72. The van der Waals surface area contributed by atoms with Crippen molar-refractivity contribution in [2.45, 2.75) is 25.8 Å². The Balaban J connectivity index is 2.03. The van der Waals surface area contributed by atoms with Crippen LogP contribution in [-0.4, -0.2) is 11.5 Å². The maximum atomic E-state index is 4.25. The summed E-state index contributed by atoms with van der Waals surface area (Å²) in [6.45, 7) is 3.11. The lowest BCUT2D eigenvalue weighted by molar-refractivity contribution is 0.514. The van der Waals surface area contributed by atoms with Crippen molar-refractivity contribution in [2.24, 2.45) is 0 Å². The molecule has 18 heavy (non-hydrogen) atoms. The standard InChI is InChI=1S/C14H17BrN2S/c1-2-17-14(4-3-11-5-6-18-10-11)12-7-13(15)9-16-8-12/h5-10,14,17H,2-4H2,1H3. The molecule has 1 atom stereocenters. The van der Waals surface area contributed by atoms with Gasteiger partial charge in [-0.05, 0) is 69.3 Å². The zero-order valence-corrected chi connectivity index (χ0v) is 12.8. The number of aryl methyl sites for hydroxylation is 1. The lowest BCUT2D eigenvalue weighted by atomic mass is 10.0. The van der Waals surface area contributed by atoms with Gasteiger partial charge in [0.1, 0.15) is 0 Å². The van der Waals surface area contributed by atoms with E-state index >= 15 is 0 Å². The van der Waals surface area contributed by atoms with Crippen LogP contribution in [-0.2, 0) is 6.42 Å². The molecule has 2 nitrogen and oxygen atoms in total. The van der Waals surface area contributed by atoms with Crippen LogP contribution in [0.2, 0.25) is 0 Å². The number of halogens is 1. The van der Waals surface area contributed by atoms with E-state index in [2.05, 4.69) is 56.0 Å². The quantitative estimate of drug-likeness (QED) is 0.861. The topological polar surface area (TPSA) is 24.9 Å². The molecule has 1 unspecified atom stereocenters. The monoisotopic (exact) mass is 324 g/mol. The fraction of sp³-hybridized carbons (Fsp3) is 0.357. The molecule has 0 aliphatic rings. The fourth-order valence-electron chi connectivity index (χ4n) is 2.00. The van der Waals surface area contributed by atoms with Crippen molar-refractivity contribution in [3.63, 3.8) is 0 Å². The Morgan fingerprint density at radius 1 is 1.44 bits per heavy atom. The van der Waals surface area contributed by atoms with Gasteiger partial charge < -0.3 is 5.32 Å². The summed E-state index contributed by atoms with van der Waals surface area (Å²) in [6.07, 6.45) is 5.98. The third-order valence-corrected chi connectivity index (χ3v) is 4.05. The van der Waals surface area contributed by atoms with Gasteiger partial charge in [0.15, 0.2) is 0 Å². The van der Waals surface area contributed by atoms with Crippen molar-refractivity contribution in [1.29, 1.82) is 0 Å². The van der Waals surface area contributed by atoms with Gasteiger partial charge in [-0.2, -0.15) is 11.3 Å². The third-order valence-electron chi connectivity index (χ3n) is 2.88. The molecule has 2 rings (SSSR count). The first kappa shape index (κ1) is 13.7. The first-order chi connectivity index (χ1) is 8.79. The van der Waals surface area contributed by atoms with Crippen LogP contribution in [0.1, 0.15) is 30.5 Å². The predicted molar refractivity (Wildman–Crippen MR) is 81.0 cm³/mol. The molecule has 0 radical (unpaired) electrons. The number of hydrogen-bond acceptors (Lipinski definition) is 3. The second-order valence-corrected chi connectivity index (χ2v) is 5.91. The number of nitrogens with one attached hydrogen (secondary N) is 1. The van der Waals surface area contributed by atoms with Crippen molar-refractivity contribution < 1.29 is 0 Å². The largest absolute Gasteiger partial charge is 0.310 e. The van der Waals surface area contributed by atoms with Gasteiger partial charge in [0.2, 0.25) is 0 Å². The van der Waals surface area contributed by atoms with E-state index in [1.54, 1.807) is 11.3 Å². The van der Waals surface area contributed by atoms with E-state index in [4.69, 9.17) is 0 Å². The summed E-state index contributed by atoms with van der Waals surface area (Å²) in [4.78, 5) is 4.25. The van der Waals surface area contributed by atoms with Gasteiger partial charge in [-0.15, -0.1) is 0 Å². The smallest absolute Gasteiger partial charge is 0.0410 e. The second kappa shape index (κ2) is 7.02. The van der Waals surface area contributed by atoms with Crippen LogP contribution in [0.15, 0.2) is 39.8 Å². The number of thiophene rings is 1. The number of pyridine rings is 1. The molecule has 0 saturated carbocycles. The van der Waals surface area contributed by atoms with Crippen LogP contribution in [0.5, 0.6) is 0 Å². The normalized spacial score (nSPS) is 12.6. The molecule has 0 aliphatic carbocycles. The van der Waals surface area contributed by atoms with E-state index in [1.807, 2.05) is 12.4 Å². The Kier molecular flexibility index (Phi) is 5.35. The summed E-state index contributed by atoms with van der Waals surface area (Å²) in [5.41, 5.74) is 2.67. The number of hydrogen-bond donors (Lipinski definition) is 1. The minimum Gasteiger partial charge on any atom is -0.310 e. The van der Waals surface area contributed by atoms with E-state index < -0.39 is 0 Å². The Labute approximate surface area is 121 Å². The zero-order valence-electron chi connectivity index (χ0n) is 10.4. The van der Waals surface area contributed by atoms with Crippen LogP contribution in [0.3, 0.4) is 0 Å². The SMILES string of the molecule is CCNC(CCc1ccsc1)c1cncc(Br)c1. The van der Waals surface area contributed by atoms with Crippen molar-refractivity contribution in [3.05, 3.63) is 50.9 Å². The molecule has 0 fully saturated rings. The Bertz CT molecular complexity index is 470. The highest BCUT2D eigenvalue weighted by Gasteiger charge is 2.11. The first-order valence-electron chi connectivity index (χ1n) is 6.14. The molecule has 2 aromatic rings. The maximum Gasteiger partial charge on any atom is 0.0410 e. The third kappa shape index (κ3) is 3.90. The lowest BCUT2D eigenvalue weighted by Gasteiger charge is -2.18. The lowest BCUT2D eigenvalue weighted by Crippen LogP contribution is -2.21. The average molecular weight is 325 g/mol. The molecule has 96 valence electrons. The Morgan fingerprint density at radius 2 is 2.33 bits per heavy atom. The van der Waals surface area contributed by atoms with Gasteiger partial charge in [-0.1, -0.05) is 6.92 Å². The molecule has 0 spiro atoms. The molecule has 2 heterocycles. The highest BCUT2D eigenvalue weighted by Crippen LogP contribution is 2.22. The summed E-state index contributed by atoms with van der Waals surface area (Å²) >= 11 is 5.25. The fourth-order valence-corrected chi connectivity index (χ4v) is 3.08. The molecule has 0 bridgehead atoms. The molecule has 0 aromatic carbocycles. The zero-order chi connectivity index (χ0) is 12.8. The number of nitrogens with zero attached hydrogens (tertiary/aromatic N) is 1. The van der Waals surface area contributed by atoms with E-state index in [9.17, 15) is 0 Å². The molecule has 1 N–H and O–H groups in total. The summed E-state index contributed by atoms with van der Waals surface area (Å²) in [7, 11) is 0. The first-order valence-corrected chi connectivity index (χ1v) is 7.88. The highest BCUT2D eigenvalue weighted by atomic mass is 79.9. The second-order valence-electron chi connectivity index (χ2n) is 4.22. The van der Waals surface area contributed by atoms with E-state index in [0.717, 1.165) is 23.9 Å². The van der Waals surface area contributed by atoms with E-state index in [1.165, 1.54) is 11.1 Å². The Morgan fingerprint density at radius 3 is 3.00 bits per heavy atom. The van der Waals surface area contributed by atoms with Gasteiger partial charge in [-0.3, -0.25) is 4.98 Å². The summed E-state index contributed by atoms with van der Waals surface area (Å²) in [5, 5.41) is 7.89. The van der Waals surface area contributed by atoms with E-state index in [-0.39, 0.29) is 0 Å². The highest BCUT2D eigenvalue weighted by molar-refractivity contribution is 9.10. The van der Waals surface area contributed by atoms with E-state index in [0.29, 0.717) is 6.04 Å². The van der Waals surface area contributed by atoms with Crippen molar-refractivity contribution in [1.82, 2.24) is 10.3 Å². The van der Waals surface area contributed by atoms with Gasteiger partial charge in [0.05, 0.1) is 0 Å². The molecule has 2 aromatic heterocycles. The summed E-state index contributed by atoms with van der Waals surface area (Å²) in [5.74, 6) is 0. The molecular weight excluding hydrogens is 308 g/mol. The van der Waals surface area contributed by atoms with Crippen molar-refractivity contribution in [3.8, 4) is 0 Å². The van der Waals surface area contributed by atoms with Gasteiger partial charge in [0, 0.05) is 22.9 Å². The van der Waals surface area contributed by atoms with Gasteiger partial charge in [-0.25, -0.2) is 0 Å². The number of aromatic nitrogens is 1. The predicted octanol–water partition coefficient (Wildman–Crippen LogP) is 4.19. The Hall–Kier alpha value is -0.710. The minimum absolute atomic E-state index is 0.375. The van der Waals surface area contributed by atoms with Crippen molar-refractivity contribution >= 4 is 27.3 Å². The number of rotatable bonds is 6. The average Bonchev–Trinajstić information content (AvgIpc) is 2.87. The van der Waals surface area contributed by atoms with Crippen LogP contribution in [0.25, 0.3) is 0 Å².